The second kappa shape index (κ2) is 6.03. The van der Waals surface area contributed by atoms with Crippen LogP contribution in [0, 0.1) is 11.3 Å². The number of benzene rings is 1. The minimum Gasteiger partial charge on any atom is -0.493 e. The third-order valence-corrected chi connectivity index (χ3v) is 5.57. The van der Waals surface area contributed by atoms with Crippen molar-refractivity contribution in [2.75, 3.05) is 7.11 Å². The van der Waals surface area contributed by atoms with Crippen molar-refractivity contribution in [2.24, 2.45) is 11.3 Å². The number of ether oxygens (including phenoxy) is 2. The van der Waals surface area contributed by atoms with Crippen molar-refractivity contribution in [1.29, 1.82) is 0 Å². The molecule has 5 rings (SSSR count). The zero-order valence-electron chi connectivity index (χ0n) is 15.1. The lowest BCUT2D eigenvalue weighted by atomic mass is 9.68. The average Bonchev–Trinajstić information content (AvgIpc) is 2.93. The molecule has 1 aromatic rings. The van der Waals surface area contributed by atoms with Gasteiger partial charge in [0.25, 0.3) is 0 Å². The minimum absolute atomic E-state index is 0.00414. The highest BCUT2D eigenvalue weighted by atomic mass is 16.5. The lowest BCUT2D eigenvalue weighted by molar-refractivity contribution is 0.231. The van der Waals surface area contributed by atoms with Gasteiger partial charge >= 0.3 is 0 Å². The van der Waals surface area contributed by atoms with E-state index in [0.717, 1.165) is 29.4 Å². The van der Waals surface area contributed by atoms with E-state index in [1.165, 1.54) is 5.56 Å². The molecule has 136 valence electrons. The normalized spacial score (nSPS) is 30.2. The van der Waals surface area contributed by atoms with E-state index in [1.54, 1.807) is 13.2 Å². The van der Waals surface area contributed by atoms with Gasteiger partial charge in [-0.25, -0.2) is 0 Å². The van der Waals surface area contributed by atoms with Crippen molar-refractivity contribution in [2.45, 2.75) is 12.6 Å². The first-order valence-electron chi connectivity index (χ1n) is 9.14. The van der Waals surface area contributed by atoms with Gasteiger partial charge in [0.1, 0.15) is 5.76 Å². The quantitative estimate of drug-likeness (QED) is 0.834. The van der Waals surface area contributed by atoms with E-state index in [-0.39, 0.29) is 5.92 Å². The molecule has 1 N–H and O–H groups in total. The summed E-state index contributed by atoms with van der Waals surface area (Å²) >= 11 is 0. The molecule has 2 heterocycles. The maximum atomic E-state index is 10.1. The molecule has 1 spiro atoms. The summed E-state index contributed by atoms with van der Waals surface area (Å²) in [5.41, 5.74) is 1.98. The summed E-state index contributed by atoms with van der Waals surface area (Å²) in [6.07, 6.45) is 15.6. The van der Waals surface area contributed by atoms with E-state index in [9.17, 15) is 5.11 Å². The third-order valence-electron chi connectivity index (χ3n) is 5.57. The van der Waals surface area contributed by atoms with Gasteiger partial charge in [-0.05, 0) is 29.4 Å². The summed E-state index contributed by atoms with van der Waals surface area (Å²) in [6, 6.07) is 10.4. The van der Waals surface area contributed by atoms with Crippen LogP contribution in [0.3, 0.4) is 0 Å². The molecule has 3 unspecified atom stereocenters. The van der Waals surface area contributed by atoms with Gasteiger partial charge in [0.05, 0.1) is 24.5 Å². The summed E-state index contributed by atoms with van der Waals surface area (Å²) in [5, 5.41) is 10.1. The Morgan fingerprint density at radius 3 is 2.85 bits per heavy atom. The van der Waals surface area contributed by atoms with Gasteiger partial charge in [0.2, 0.25) is 0 Å². The first kappa shape index (κ1) is 16.2. The SMILES string of the molecule is COC1=C2OC3=CC(O)C=CC34C=CN(Cc3ccccc3)C=C(C=C1)C24. The van der Waals surface area contributed by atoms with Gasteiger partial charge < -0.3 is 19.5 Å². The molecule has 4 aliphatic rings. The lowest BCUT2D eigenvalue weighted by Crippen LogP contribution is -2.28. The van der Waals surface area contributed by atoms with E-state index >= 15 is 0 Å². The molecule has 1 aromatic carbocycles. The van der Waals surface area contributed by atoms with Crippen molar-refractivity contribution >= 4 is 0 Å². The fraction of sp³-hybridized carbons (Fsp3) is 0.217. The van der Waals surface area contributed by atoms with Crippen LogP contribution in [-0.2, 0) is 16.0 Å². The van der Waals surface area contributed by atoms with Crippen LogP contribution >= 0.6 is 0 Å². The van der Waals surface area contributed by atoms with E-state index in [1.807, 2.05) is 18.2 Å². The predicted molar refractivity (Wildman–Crippen MR) is 103 cm³/mol. The van der Waals surface area contributed by atoms with Crippen LogP contribution in [0.25, 0.3) is 0 Å². The Balaban J connectivity index is 1.62. The fourth-order valence-electron chi connectivity index (χ4n) is 4.29. The molecule has 1 saturated heterocycles. The van der Waals surface area contributed by atoms with Crippen molar-refractivity contribution < 1.29 is 14.6 Å². The zero-order valence-corrected chi connectivity index (χ0v) is 15.1. The molecule has 2 aliphatic carbocycles. The number of nitrogens with zero attached hydrogens (tertiary/aromatic N) is 1. The number of methoxy groups -OCH3 is 1. The minimum atomic E-state index is -0.630. The molecule has 0 aromatic heterocycles. The van der Waals surface area contributed by atoms with Crippen molar-refractivity contribution in [3.8, 4) is 0 Å². The number of hydrogen-bond donors (Lipinski definition) is 1. The summed E-state index contributed by atoms with van der Waals surface area (Å²) < 4.78 is 11.8. The Hall–Kier alpha value is -2.98. The summed E-state index contributed by atoms with van der Waals surface area (Å²) in [5.74, 6) is 2.31. The molecule has 0 amide bonds. The monoisotopic (exact) mass is 359 g/mol. The molecule has 1 fully saturated rings. The number of allylic oxidation sites excluding steroid dienone is 4. The molecule has 2 aliphatic heterocycles. The molecule has 0 saturated carbocycles. The Morgan fingerprint density at radius 2 is 2.04 bits per heavy atom. The van der Waals surface area contributed by atoms with Crippen molar-refractivity contribution in [3.05, 3.63) is 108 Å². The Morgan fingerprint density at radius 1 is 1.19 bits per heavy atom. The molecule has 3 atom stereocenters. The predicted octanol–water partition coefficient (Wildman–Crippen LogP) is 3.78. The molecular formula is C23H21NO3. The number of rotatable bonds is 3. The maximum absolute atomic E-state index is 10.1. The molecule has 0 radical (unpaired) electrons. The highest BCUT2D eigenvalue weighted by molar-refractivity contribution is 5.53. The first-order valence-corrected chi connectivity index (χ1v) is 9.14. The maximum Gasteiger partial charge on any atom is 0.157 e. The van der Waals surface area contributed by atoms with Gasteiger partial charge in [-0.3, -0.25) is 0 Å². The highest BCUT2D eigenvalue weighted by Gasteiger charge is 2.54. The first-order chi connectivity index (χ1) is 13.2. The van der Waals surface area contributed by atoms with Gasteiger partial charge in [0, 0.05) is 18.9 Å². The standard InChI is InChI=1S/C23H21NO3/c1-26-19-8-7-17-15-24(14-16-5-3-2-4-6-16)12-11-23-10-9-18(25)13-20(23)27-22(19)21(17)23/h2-13,15,18,21,25H,14H2,1H3. The Kier molecular flexibility index (Phi) is 3.62. The van der Waals surface area contributed by atoms with Crippen LogP contribution in [0.15, 0.2) is 102 Å². The van der Waals surface area contributed by atoms with E-state index in [0.29, 0.717) is 0 Å². The lowest BCUT2D eigenvalue weighted by Gasteiger charge is -2.30. The zero-order chi connectivity index (χ0) is 18.4. The Bertz CT molecular complexity index is 951. The van der Waals surface area contributed by atoms with Crippen LogP contribution in [0.2, 0.25) is 0 Å². The summed E-state index contributed by atoms with van der Waals surface area (Å²) in [7, 11) is 1.66. The molecule has 27 heavy (non-hydrogen) atoms. The second-order valence-corrected chi connectivity index (χ2v) is 7.22. The number of aliphatic hydroxyl groups is 1. The van der Waals surface area contributed by atoms with Crippen LogP contribution in [0.4, 0.5) is 0 Å². The number of aliphatic hydroxyl groups excluding tert-OH is 1. The highest BCUT2D eigenvalue weighted by Crippen LogP contribution is 2.58. The topological polar surface area (TPSA) is 41.9 Å². The summed E-state index contributed by atoms with van der Waals surface area (Å²) in [4.78, 5) is 2.20. The average molecular weight is 359 g/mol. The molecule has 4 heteroatoms. The van der Waals surface area contributed by atoms with Gasteiger partial charge in [-0.1, -0.05) is 48.6 Å². The van der Waals surface area contributed by atoms with E-state index in [2.05, 4.69) is 59.8 Å². The Labute approximate surface area is 158 Å². The molecule has 4 nitrogen and oxygen atoms in total. The van der Waals surface area contributed by atoms with E-state index in [4.69, 9.17) is 9.47 Å². The van der Waals surface area contributed by atoms with Crippen LogP contribution in [0.1, 0.15) is 5.56 Å². The number of hydrogen-bond acceptors (Lipinski definition) is 4. The van der Waals surface area contributed by atoms with Crippen molar-refractivity contribution in [3.63, 3.8) is 0 Å². The van der Waals surface area contributed by atoms with Gasteiger partial charge in [-0.2, -0.15) is 0 Å². The smallest absolute Gasteiger partial charge is 0.157 e. The fourth-order valence-corrected chi connectivity index (χ4v) is 4.29. The van der Waals surface area contributed by atoms with Crippen molar-refractivity contribution in [1.82, 2.24) is 4.90 Å². The second-order valence-electron chi connectivity index (χ2n) is 7.22. The van der Waals surface area contributed by atoms with Gasteiger partial charge in [0.15, 0.2) is 11.5 Å². The third kappa shape index (κ3) is 2.48. The van der Waals surface area contributed by atoms with Gasteiger partial charge in [-0.15, -0.1) is 0 Å². The molecule has 0 bridgehead atoms. The van der Waals surface area contributed by atoms with Crippen LogP contribution in [0.5, 0.6) is 0 Å². The van der Waals surface area contributed by atoms with Crippen LogP contribution < -0.4 is 0 Å². The summed E-state index contributed by atoms with van der Waals surface area (Å²) in [6.45, 7) is 0.792. The van der Waals surface area contributed by atoms with Crippen LogP contribution in [-0.4, -0.2) is 23.2 Å². The van der Waals surface area contributed by atoms with E-state index < -0.39 is 11.5 Å². The molecular weight excluding hydrogens is 338 g/mol. The largest absolute Gasteiger partial charge is 0.493 e.